The number of aliphatic carboxylic acids is 1. The van der Waals surface area contributed by atoms with E-state index < -0.39 is 12.0 Å². The molecule has 154 valence electrons. The van der Waals surface area contributed by atoms with Gasteiger partial charge in [-0.25, -0.2) is 0 Å². The van der Waals surface area contributed by atoms with Gasteiger partial charge in [-0.05, 0) is 36.2 Å². The van der Waals surface area contributed by atoms with Crippen LogP contribution in [0.2, 0.25) is 0 Å². The summed E-state index contributed by atoms with van der Waals surface area (Å²) in [5, 5.41) is 14.3. The zero-order valence-electron chi connectivity index (χ0n) is 16.7. The first-order valence-electron chi connectivity index (χ1n) is 9.48. The van der Waals surface area contributed by atoms with Gasteiger partial charge in [0.1, 0.15) is 6.04 Å². The number of carbonyl (C=O) groups is 3. The van der Waals surface area contributed by atoms with Crippen LogP contribution in [0.15, 0.2) is 54.6 Å². The Morgan fingerprint density at radius 1 is 0.966 bits per heavy atom. The molecular weight excluding hydrogens is 370 g/mol. The van der Waals surface area contributed by atoms with Crippen LogP contribution in [0.1, 0.15) is 24.8 Å². The Balaban J connectivity index is 2.05. The molecule has 0 fully saturated rings. The summed E-state index contributed by atoms with van der Waals surface area (Å²) in [6.45, 7) is 0. The summed E-state index contributed by atoms with van der Waals surface area (Å²) in [6, 6.07) is 16.1. The highest BCUT2D eigenvalue weighted by atomic mass is 16.4. The maximum Gasteiger partial charge on any atom is 0.303 e. The summed E-state index contributed by atoms with van der Waals surface area (Å²) >= 11 is 0. The highest BCUT2D eigenvalue weighted by molar-refractivity contribution is 5.97. The Morgan fingerprint density at radius 2 is 1.62 bits per heavy atom. The fourth-order valence-corrected chi connectivity index (χ4v) is 2.80. The predicted molar refractivity (Wildman–Crippen MR) is 113 cm³/mol. The van der Waals surface area contributed by atoms with E-state index in [1.807, 2.05) is 73.6 Å². The Labute approximate surface area is 170 Å². The highest BCUT2D eigenvalue weighted by Crippen LogP contribution is 2.16. The van der Waals surface area contributed by atoms with Crippen molar-refractivity contribution >= 4 is 29.2 Å². The fourth-order valence-electron chi connectivity index (χ4n) is 2.80. The maximum absolute atomic E-state index is 12.8. The summed E-state index contributed by atoms with van der Waals surface area (Å²) < 4.78 is 0. The van der Waals surface area contributed by atoms with Gasteiger partial charge in [0.2, 0.25) is 11.8 Å². The topological polar surface area (TPSA) is 98.7 Å². The zero-order valence-corrected chi connectivity index (χ0v) is 16.7. The maximum atomic E-state index is 12.8. The van der Waals surface area contributed by atoms with E-state index in [9.17, 15) is 14.4 Å². The van der Waals surface area contributed by atoms with Crippen LogP contribution in [0.3, 0.4) is 0 Å². The molecule has 0 saturated heterocycles. The van der Waals surface area contributed by atoms with Gasteiger partial charge >= 0.3 is 5.97 Å². The molecule has 7 heteroatoms. The molecule has 0 aliphatic carbocycles. The van der Waals surface area contributed by atoms with Gasteiger partial charge in [-0.15, -0.1) is 0 Å². The van der Waals surface area contributed by atoms with E-state index in [-0.39, 0.29) is 31.1 Å². The molecule has 0 radical (unpaired) electrons. The standard InChI is InChI=1S/C22H27N3O4/c1-25(2)18-13-11-17(12-14-18)23-22(29)19(15-16-7-4-3-5-8-16)24-20(26)9-6-10-21(27)28/h3-5,7-8,11-14,19H,6,9-10,15H2,1-2H3,(H,23,29)(H,24,26)(H,27,28)/t19-/m1/s1. The van der Waals surface area contributed by atoms with Crippen LogP contribution < -0.4 is 15.5 Å². The minimum Gasteiger partial charge on any atom is -0.481 e. The molecule has 0 aliphatic rings. The summed E-state index contributed by atoms with van der Waals surface area (Å²) in [5.74, 6) is -1.61. The van der Waals surface area contributed by atoms with Crippen molar-refractivity contribution < 1.29 is 19.5 Å². The van der Waals surface area contributed by atoms with E-state index in [4.69, 9.17) is 5.11 Å². The lowest BCUT2D eigenvalue weighted by atomic mass is 10.0. The van der Waals surface area contributed by atoms with E-state index >= 15 is 0 Å². The molecular formula is C22H27N3O4. The van der Waals surface area contributed by atoms with Crippen molar-refractivity contribution in [3.8, 4) is 0 Å². The summed E-state index contributed by atoms with van der Waals surface area (Å²) in [5.41, 5.74) is 2.57. The summed E-state index contributed by atoms with van der Waals surface area (Å²) in [4.78, 5) is 37.6. The molecule has 0 unspecified atom stereocenters. The van der Waals surface area contributed by atoms with E-state index in [1.165, 1.54) is 0 Å². The van der Waals surface area contributed by atoms with Gasteiger partial charge in [-0.3, -0.25) is 14.4 Å². The average molecular weight is 397 g/mol. The Bertz CT molecular complexity index is 820. The van der Waals surface area contributed by atoms with Crippen LogP contribution in [0.25, 0.3) is 0 Å². The van der Waals surface area contributed by atoms with E-state index in [0.717, 1.165) is 11.3 Å². The third-order valence-corrected chi connectivity index (χ3v) is 4.38. The molecule has 0 aliphatic heterocycles. The Morgan fingerprint density at radius 3 is 2.21 bits per heavy atom. The molecule has 2 aromatic rings. The first-order chi connectivity index (χ1) is 13.8. The van der Waals surface area contributed by atoms with Crippen molar-refractivity contribution in [2.75, 3.05) is 24.3 Å². The number of rotatable bonds is 10. The lowest BCUT2D eigenvalue weighted by Gasteiger charge is -2.19. The molecule has 0 aromatic heterocycles. The lowest BCUT2D eigenvalue weighted by Crippen LogP contribution is -2.45. The molecule has 0 spiro atoms. The van der Waals surface area contributed by atoms with Gasteiger partial charge in [0.25, 0.3) is 0 Å². The second-order valence-corrected chi connectivity index (χ2v) is 6.99. The number of hydrogen-bond acceptors (Lipinski definition) is 4. The van der Waals surface area contributed by atoms with Gasteiger partial charge in [0.15, 0.2) is 0 Å². The van der Waals surface area contributed by atoms with Crippen molar-refractivity contribution in [3.05, 3.63) is 60.2 Å². The third kappa shape index (κ3) is 7.65. The molecule has 3 N–H and O–H groups in total. The molecule has 1 atom stereocenters. The van der Waals surface area contributed by atoms with Gasteiger partial charge in [-0.1, -0.05) is 30.3 Å². The summed E-state index contributed by atoms with van der Waals surface area (Å²) in [6.07, 6.45) is 0.545. The number of hydrogen-bond donors (Lipinski definition) is 3. The van der Waals surface area contributed by atoms with Crippen LogP contribution >= 0.6 is 0 Å². The van der Waals surface area contributed by atoms with Gasteiger partial charge in [-0.2, -0.15) is 0 Å². The van der Waals surface area contributed by atoms with Gasteiger partial charge < -0.3 is 20.6 Å². The Kier molecular flexibility index (Phi) is 8.21. The number of carbonyl (C=O) groups excluding carboxylic acids is 2. The second-order valence-electron chi connectivity index (χ2n) is 6.99. The smallest absolute Gasteiger partial charge is 0.303 e. The van der Waals surface area contributed by atoms with E-state index in [2.05, 4.69) is 10.6 Å². The largest absolute Gasteiger partial charge is 0.481 e. The van der Waals surface area contributed by atoms with Crippen molar-refractivity contribution in [1.29, 1.82) is 0 Å². The number of benzene rings is 2. The second kappa shape index (κ2) is 10.8. The lowest BCUT2D eigenvalue weighted by molar-refractivity contribution is -0.137. The normalized spacial score (nSPS) is 11.4. The summed E-state index contributed by atoms with van der Waals surface area (Å²) in [7, 11) is 3.87. The molecule has 7 nitrogen and oxygen atoms in total. The van der Waals surface area contributed by atoms with Crippen LogP contribution in [0.5, 0.6) is 0 Å². The number of amides is 2. The molecule has 2 aromatic carbocycles. The SMILES string of the molecule is CN(C)c1ccc(NC(=O)[C@@H](Cc2ccccc2)NC(=O)CCCC(=O)O)cc1. The third-order valence-electron chi connectivity index (χ3n) is 4.38. The van der Waals surface area contributed by atoms with E-state index in [0.29, 0.717) is 12.1 Å². The predicted octanol–water partition coefficient (Wildman–Crippen LogP) is 2.67. The molecule has 0 heterocycles. The fraction of sp³-hybridized carbons (Fsp3) is 0.318. The number of carboxylic acids is 1. The first-order valence-corrected chi connectivity index (χ1v) is 9.48. The van der Waals surface area contributed by atoms with Crippen LogP contribution in [0, 0.1) is 0 Å². The van der Waals surface area contributed by atoms with E-state index in [1.54, 1.807) is 0 Å². The quantitative estimate of drug-likeness (QED) is 0.573. The minimum atomic E-state index is -0.947. The minimum absolute atomic E-state index is 0.0579. The zero-order chi connectivity index (χ0) is 21.2. The molecule has 0 saturated carbocycles. The van der Waals surface area contributed by atoms with Crippen molar-refractivity contribution in [2.45, 2.75) is 31.7 Å². The monoisotopic (exact) mass is 397 g/mol. The average Bonchev–Trinajstić information content (AvgIpc) is 2.68. The highest BCUT2D eigenvalue weighted by Gasteiger charge is 2.21. The number of nitrogens with one attached hydrogen (secondary N) is 2. The van der Waals surface area contributed by atoms with Crippen molar-refractivity contribution in [3.63, 3.8) is 0 Å². The molecule has 0 bridgehead atoms. The first kappa shape index (κ1) is 21.9. The molecule has 2 rings (SSSR count). The van der Waals surface area contributed by atoms with Crippen LogP contribution in [0.4, 0.5) is 11.4 Å². The van der Waals surface area contributed by atoms with Crippen LogP contribution in [-0.4, -0.2) is 43.0 Å². The number of nitrogens with zero attached hydrogens (tertiary/aromatic N) is 1. The van der Waals surface area contributed by atoms with Gasteiger partial charge in [0.05, 0.1) is 0 Å². The number of carboxylic acid groups (broad SMARTS) is 1. The van der Waals surface area contributed by atoms with Crippen LogP contribution in [-0.2, 0) is 20.8 Å². The van der Waals surface area contributed by atoms with Crippen molar-refractivity contribution in [1.82, 2.24) is 5.32 Å². The molecule has 2 amide bonds. The molecule has 29 heavy (non-hydrogen) atoms. The van der Waals surface area contributed by atoms with Crippen molar-refractivity contribution in [2.24, 2.45) is 0 Å². The number of anilines is 2. The van der Waals surface area contributed by atoms with Gasteiger partial charge in [0, 0.05) is 44.7 Å². The Hall–Kier alpha value is -3.35.